The summed E-state index contributed by atoms with van der Waals surface area (Å²) in [6.45, 7) is 1.59. The van der Waals surface area contributed by atoms with Gasteiger partial charge in [-0.2, -0.15) is 0 Å². The second-order valence-electron chi connectivity index (χ2n) is 6.63. The van der Waals surface area contributed by atoms with Gasteiger partial charge in [0.2, 0.25) is 12.7 Å². The Hall–Kier alpha value is -3.26. The van der Waals surface area contributed by atoms with Gasteiger partial charge in [-0.1, -0.05) is 6.07 Å². The molecule has 1 N–H and O–H groups in total. The molecule has 142 valence electrons. The van der Waals surface area contributed by atoms with Crippen molar-refractivity contribution >= 4 is 5.95 Å². The number of benzene rings is 1. The lowest BCUT2D eigenvalue weighted by molar-refractivity contribution is 0.109. The molecule has 0 bridgehead atoms. The van der Waals surface area contributed by atoms with Gasteiger partial charge in [-0.05, 0) is 30.5 Å². The van der Waals surface area contributed by atoms with Crippen molar-refractivity contribution in [3.05, 3.63) is 54.2 Å². The van der Waals surface area contributed by atoms with Crippen LogP contribution in [0.15, 0.2) is 43.0 Å². The van der Waals surface area contributed by atoms with E-state index in [1.165, 1.54) is 0 Å². The average molecular weight is 377 g/mol. The van der Waals surface area contributed by atoms with E-state index in [0.29, 0.717) is 12.5 Å². The number of rotatable bonds is 5. The second kappa shape index (κ2) is 7.40. The van der Waals surface area contributed by atoms with Crippen LogP contribution in [0.4, 0.5) is 5.95 Å². The maximum atomic E-state index is 5.87. The van der Waals surface area contributed by atoms with Crippen LogP contribution in [0.3, 0.4) is 0 Å². The smallest absolute Gasteiger partial charge is 0.231 e. The largest absolute Gasteiger partial charge is 0.454 e. The molecule has 8 nitrogen and oxygen atoms in total. The lowest BCUT2D eigenvalue weighted by Gasteiger charge is -2.15. The van der Waals surface area contributed by atoms with Gasteiger partial charge < -0.3 is 19.5 Å². The van der Waals surface area contributed by atoms with Gasteiger partial charge >= 0.3 is 0 Å². The van der Waals surface area contributed by atoms with Crippen LogP contribution in [-0.2, 0) is 11.3 Å². The summed E-state index contributed by atoms with van der Waals surface area (Å²) in [5.74, 6) is 2.09. The SMILES string of the molecule is c1cnc(-c2cnc(NCc3ccc4c(c3)OCO4)nc2C2CCCO2)cn1. The number of aromatic nitrogens is 4. The minimum absolute atomic E-state index is 0.0499. The molecule has 2 aliphatic heterocycles. The zero-order chi connectivity index (χ0) is 18.8. The van der Waals surface area contributed by atoms with Gasteiger partial charge in [0.15, 0.2) is 11.5 Å². The summed E-state index contributed by atoms with van der Waals surface area (Å²) >= 11 is 0. The second-order valence-corrected chi connectivity index (χ2v) is 6.63. The summed E-state index contributed by atoms with van der Waals surface area (Å²) in [5.41, 5.74) is 3.51. The Kier molecular flexibility index (Phi) is 4.46. The highest BCUT2D eigenvalue weighted by Gasteiger charge is 2.24. The van der Waals surface area contributed by atoms with Crippen molar-refractivity contribution in [1.82, 2.24) is 19.9 Å². The van der Waals surface area contributed by atoms with Crippen LogP contribution in [0.2, 0.25) is 0 Å². The molecule has 1 atom stereocenters. The van der Waals surface area contributed by atoms with E-state index >= 15 is 0 Å². The lowest BCUT2D eigenvalue weighted by atomic mass is 10.1. The highest BCUT2D eigenvalue weighted by atomic mass is 16.7. The number of nitrogens with zero attached hydrogens (tertiary/aromatic N) is 4. The summed E-state index contributed by atoms with van der Waals surface area (Å²) in [6, 6.07) is 5.87. The van der Waals surface area contributed by atoms with E-state index in [0.717, 1.165) is 53.5 Å². The Balaban J connectivity index is 1.40. The van der Waals surface area contributed by atoms with Crippen molar-refractivity contribution < 1.29 is 14.2 Å². The van der Waals surface area contributed by atoms with E-state index in [-0.39, 0.29) is 12.9 Å². The van der Waals surface area contributed by atoms with Gasteiger partial charge in [-0.3, -0.25) is 9.97 Å². The van der Waals surface area contributed by atoms with Crippen molar-refractivity contribution in [2.24, 2.45) is 0 Å². The monoisotopic (exact) mass is 377 g/mol. The normalized spacial score (nSPS) is 17.6. The number of anilines is 1. The molecule has 3 aromatic rings. The third kappa shape index (κ3) is 3.34. The van der Waals surface area contributed by atoms with E-state index < -0.39 is 0 Å². The van der Waals surface area contributed by atoms with Crippen LogP contribution in [0.1, 0.15) is 30.2 Å². The maximum absolute atomic E-state index is 5.87. The average Bonchev–Trinajstić information content (AvgIpc) is 3.44. The van der Waals surface area contributed by atoms with E-state index in [9.17, 15) is 0 Å². The first-order chi connectivity index (χ1) is 13.9. The topological polar surface area (TPSA) is 91.3 Å². The number of hydrogen-bond donors (Lipinski definition) is 1. The van der Waals surface area contributed by atoms with E-state index in [2.05, 4.69) is 20.3 Å². The van der Waals surface area contributed by atoms with Crippen molar-refractivity contribution in [1.29, 1.82) is 0 Å². The summed E-state index contributed by atoms with van der Waals surface area (Å²) in [6.07, 6.45) is 8.73. The molecular formula is C20H19N5O3. The quantitative estimate of drug-likeness (QED) is 0.725. The highest BCUT2D eigenvalue weighted by Crippen LogP contribution is 2.34. The van der Waals surface area contributed by atoms with Gasteiger partial charge in [0, 0.05) is 37.3 Å². The van der Waals surface area contributed by atoms with Crippen LogP contribution in [-0.4, -0.2) is 33.3 Å². The van der Waals surface area contributed by atoms with Crippen LogP contribution >= 0.6 is 0 Å². The highest BCUT2D eigenvalue weighted by molar-refractivity contribution is 5.61. The van der Waals surface area contributed by atoms with Gasteiger partial charge in [0.05, 0.1) is 17.6 Å². The minimum atomic E-state index is -0.0499. The molecule has 0 aliphatic carbocycles. The van der Waals surface area contributed by atoms with E-state index in [1.807, 2.05) is 18.2 Å². The van der Waals surface area contributed by atoms with Crippen LogP contribution in [0.5, 0.6) is 11.5 Å². The number of fused-ring (bicyclic) bond motifs is 1. The summed E-state index contributed by atoms with van der Waals surface area (Å²) in [5, 5.41) is 3.28. The third-order valence-electron chi connectivity index (χ3n) is 4.78. The molecule has 28 heavy (non-hydrogen) atoms. The molecule has 1 fully saturated rings. The summed E-state index contributed by atoms with van der Waals surface area (Å²) in [7, 11) is 0. The van der Waals surface area contributed by atoms with Gasteiger partial charge in [0.25, 0.3) is 0 Å². The molecule has 2 aromatic heterocycles. The zero-order valence-electron chi connectivity index (χ0n) is 15.2. The number of hydrogen-bond acceptors (Lipinski definition) is 8. The Labute approximate surface area is 161 Å². The molecular weight excluding hydrogens is 358 g/mol. The third-order valence-corrected chi connectivity index (χ3v) is 4.78. The maximum Gasteiger partial charge on any atom is 0.231 e. The first-order valence-corrected chi connectivity index (χ1v) is 9.24. The van der Waals surface area contributed by atoms with Crippen molar-refractivity contribution in [3.63, 3.8) is 0 Å². The molecule has 0 amide bonds. The first kappa shape index (κ1) is 16.9. The lowest BCUT2D eigenvalue weighted by Crippen LogP contribution is -2.09. The fourth-order valence-electron chi connectivity index (χ4n) is 3.39. The number of nitrogens with one attached hydrogen (secondary N) is 1. The van der Waals surface area contributed by atoms with Crippen LogP contribution in [0.25, 0.3) is 11.3 Å². The van der Waals surface area contributed by atoms with Crippen LogP contribution in [0, 0.1) is 0 Å². The predicted molar refractivity (Wildman–Crippen MR) is 101 cm³/mol. The van der Waals surface area contributed by atoms with Gasteiger partial charge in [-0.25, -0.2) is 9.97 Å². The minimum Gasteiger partial charge on any atom is -0.454 e. The first-order valence-electron chi connectivity index (χ1n) is 9.24. The van der Waals surface area contributed by atoms with E-state index in [4.69, 9.17) is 19.2 Å². The molecule has 8 heteroatoms. The Bertz CT molecular complexity index is 977. The molecule has 0 radical (unpaired) electrons. The molecule has 4 heterocycles. The molecule has 0 spiro atoms. The van der Waals surface area contributed by atoms with Crippen molar-refractivity contribution in [3.8, 4) is 22.8 Å². The van der Waals surface area contributed by atoms with Gasteiger partial charge in [0.1, 0.15) is 6.10 Å². The molecule has 1 saturated heterocycles. The fourth-order valence-corrected chi connectivity index (χ4v) is 3.39. The molecule has 0 saturated carbocycles. The Morgan fingerprint density at radius 2 is 2.04 bits per heavy atom. The Morgan fingerprint density at radius 3 is 2.89 bits per heavy atom. The van der Waals surface area contributed by atoms with E-state index in [1.54, 1.807) is 24.8 Å². The molecule has 1 aromatic carbocycles. The molecule has 2 aliphatic rings. The standard InChI is InChI=1S/C20H19N5O3/c1-2-17(26-7-1)19-14(15-11-21-5-6-22-15)10-24-20(25-19)23-9-13-3-4-16-18(8-13)28-12-27-16/h3-6,8,10-11,17H,1-2,7,9,12H2,(H,23,24,25). The predicted octanol–water partition coefficient (Wildman–Crippen LogP) is 3.13. The zero-order valence-corrected chi connectivity index (χ0v) is 15.2. The summed E-state index contributed by atoms with van der Waals surface area (Å²) in [4.78, 5) is 17.8. The molecule has 1 unspecified atom stereocenters. The van der Waals surface area contributed by atoms with Gasteiger partial charge in [-0.15, -0.1) is 0 Å². The van der Waals surface area contributed by atoms with Crippen molar-refractivity contribution in [2.75, 3.05) is 18.7 Å². The van der Waals surface area contributed by atoms with Crippen LogP contribution < -0.4 is 14.8 Å². The summed E-state index contributed by atoms with van der Waals surface area (Å²) < 4.78 is 16.7. The van der Waals surface area contributed by atoms with Crippen molar-refractivity contribution in [2.45, 2.75) is 25.5 Å². The Morgan fingerprint density at radius 1 is 1.07 bits per heavy atom. The molecule has 5 rings (SSSR count). The fraction of sp³-hybridized carbons (Fsp3) is 0.300. The number of ether oxygens (including phenoxy) is 3.